The van der Waals surface area contributed by atoms with Gasteiger partial charge in [-0.05, 0) is 48.6 Å². The van der Waals surface area contributed by atoms with E-state index in [0.717, 1.165) is 19.3 Å². The SMILES string of the molecule is COc1cccc(C(=O)c2ccc3c(c2)CCC3)c1F. The molecule has 2 aromatic carbocycles. The van der Waals surface area contributed by atoms with Crippen LogP contribution in [-0.2, 0) is 12.8 Å². The minimum absolute atomic E-state index is 0.0577. The normalized spacial score (nSPS) is 13.1. The fraction of sp³-hybridized carbons (Fsp3) is 0.235. The van der Waals surface area contributed by atoms with Crippen molar-refractivity contribution in [2.45, 2.75) is 19.3 Å². The minimum atomic E-state index is -0.597. The lowest BCUT2D eigenvalue weighted by Gasteiger charge is -2.08. The van der Waals surface area contributed by atoms with Gasteiger partial charge in [-0.15, -0.1) is 0 Å². The van der Waals surface area contributed by atoms with Gasteiger partial charge < -0.3 is 4.74 Å². The molecule has 1 aliphatic carbocycles. The summed E-state index contributed by atoms with van der Waals surface area (Å²) in [5.74, 6) is -0.798. The summed E-state index contributed by atoms with van der Waals surface area (Å²) in [6.07, 6.45) is 3.19. The second-order valence-corrected chi connectivity index (χ2v) is 4.99. The van der Waals surface area contributed by atoms with Crippen molar-refractivity contribution in [1.82, 2.24) is 0 Å². The molecule has 2 aromatic rings. The quantitative estimate of drug-likeness (QED) is 0.797. The Morgan fingerprint density at radius 2 is 1.95 bits per heavy atom. The summed E-state index contributed by atoms with van der Waals surface area (Å²) in [5.41, 5.74) is 3.10. The molecule has 3 rings (SSSR count). The van der Waals surface area contributed by atoms with Crippen LogP contribution in [-0.4, -0.2) is 12.9 Å². The van der Waals surface area contributed by atoms with E-state index < -0.39 is 5.82 Å². The molecular weight excluding hydrogens is 255 g/mol. The molecule has 0 saturated carbocycles. The highest BCUT2D eigenvalue weighted by atomic mass is 19.1. The molecule has 0 heterocycles. The Balaban J connectivity index is 2.01. The molecule has 0 unspecified atom stereocenters. The van der Waals surface area contributed by atoms with Crippen molar-refractivity contribution in [1.29, 1.82) is 0 Å². The number of carbonyl (C=O) groups excluding carboxylic acids is 1. The number of hydrogen-bond acceptors (Lipinski definition) is 2. The van der Waals surface area contributed by atoms with Crippen LogP contribution in [0.1, 0.15) is 33.5 Å². The van der Waals surface area contributed by atoms with Crippen LogP contribution in [0.2, 0.25) is 0 Å². The molecule has 0 N–H and O–H groups in total. The predicted octanol–water partition coefficient (Wildman–Crippen LogP) is 3.55. The van der Waals surface area contributed by atoms with Crippen molar-refractivity contribution in [3.05, 3.63) is 64.5 Å². The molecule has 0 atom stereocenters. The molecule has 0 amide bonds. The van der Waals surface area contributed by atoms with Crippen LogP contribution >= 0.6 is 0 Å². The first kappa shape index (κ1) is 12.9. The van der Waals surface area contributed by atoms with Gasteiger partial charge in [0.15, 0.2) is 17.3 Å². The van der Waals surface area contributed by atoms with Crippen molar-refractivity contribution in [3.63, 3.8) is 0 Å². The summed E-state index contributed by atoms with van der Waals surface area (Å²) < 4.78 is 19.1. The molecular formula is C17H15FO2. The number of halogens is 1. The molecule has 0 radical (unpaired) electrons. The van der Waals surface area contributed by atoms with Gasteiger partial charge in [0.05, 0.1) is 12.7 Å². The third-order valence-electron chi connectivity index (χ3n) is 3.79. The Kier molecular flexibility index (Phi) is 3.26. The number of hydrogen-bond donors (Lipinski definition) is 0. The lowest BCUT2D eigenvalue weighted by Crippen LogP contribution is -2.06. The molecule has 20 heavy (non-hydrogen) atoms. The van der Waals surface area contributed by atoms with Crippen LogP contribution in [0.4, 0.5) is 4.39 Å². The van der Waals surface area contributed by atoms with E-state index in [2.05, 4.69) is 0 Å². The van der Waals surface area contributed by atoms with Crippen molar-refractivity contribution < 1.29 is 13.9 Å². The van der Waals surface area contributed by atoms with E-state index in [1.54, 1.807) is 12.1 Å². The van der Waals surface area contributed by atoms with E-state index in [-0.39, 0.29) is 17.1 Å². The number of fused-ring (bicyclic) bond motifs is 1. The van der Waals surface area contributed by atoms with E-state index in [0.29, 0.717) is 5.56 Å². The van der Waals surface area contributed by atoms with Gasteiger partial charge in [0, 0.05) is 5.56 Å². The highest BCUT2D eigenvalue weighted by molar-refractivity contribution is 6.09. The molecule has 3 heteroatoms. The summed E-state index contributed by atoms with van der Waals surface area (Å²) in [4.78, 5) is 12.4. The third-order valence-corrected chi connectivity index (χ3v) is 3.79. The van der Waals surface area contributed by atoms with Crippen LogP contribution < -0.4 is 4.74 Å². The lowest BCUT2D eigenvalue weighted by molar-refractivity contribution is 0.103. The number of methoxy groups -OCH3 is 1. The average molecular weight is 270 g/mol. The van der Waals surface area contributed by atoms with Crippen molar-refractivity contribution in [3.8, 4) is 5.75 Å². The van der Waals surface area contributed by atoms with E-state index >= 15 is 0 Å². The van der Waals surface area contributed by atoms with Crippen LogP contribution in [0.15, 0.2) is 36.4 Å². The Labute approximate surface area is 117 Å². The molecule has 102 valence electrons. The Morgan fingerprint density at radius 1 is 1.15 bits per heavy atom. The molecule has 0 bridgehead atoms. The monoisotopic (exact) mass is 270 g/mol. The maximum atomic E-state index is 14.1. The van der Waals surface area contributed by atoms with Gasteiger partial charge in [-0.2, -0.15) is 0 Å². The van der Waals surface area contributed by atoms with E-state index in [1.165, 1.54) is 30.4 Å². The predicted molar refractivity (Wildman–Crippen MR) is 74.9 cm³/mol. The van der Waals surface area contributed by atoms with Crippen LogP contribution in [0.25, 0.3) is 0 Å². The number of carbonyl (C=O) groups is 1. The van der Waals surface area contributed by atoms with Crippen molar-refractivity contribution in [2.75, 3.05) is 7.11 Å². The zero-order valence-corrected chi connectivity index (χ0v) is 11.3. The zero-order chi connectivity index (χ0) is 14.1. The topological polar surface area (TPSA) is 26.3 Å². The fourth-order valence-electron chi connectivity index (χ4n) is 2.71. The van der Waals surface area contributed by atoms with E-state index in [4.69, 9.17) is 4.74 Å². The van der Waals surface area contributed by atoms with Crippen LogP contribution in [0, 0.1) is 5.82 Å². The average Bonchev–Trinajstić information content (AvgIpc) is 2.94. The Bertz CT molecular complexity index is 677. The molecule has 2 nitrogen and oxygen atoms in total. The largest absolute Gasteiger partial charge is 0.494 e. The molecule has 0 fully saturated rings. The second kappa shape index (κ2) is 5.08. The number of benzene rings is 2. The highest BCUT2D eigenvalue weighted by Crippen LogP contribution is 2.26. The van der Waals surface area contributed by atoms with Crippen LogP contribution in [0.3, 0.4) is 0 Å². The fourth-order valence-corrected chi connectivity index (χ4v) is 2.71. The second-order valence-electron chi connectivity index (χ2n) is 4.99. The number of ketones is 1. The summed E-state index contributed by atoms with van der Waals surface area (Å²) in [7, 11) is 1.39. The van der Waals surface area contributed by atoms with Gasteiger partial charge in [0.1, 0.15) is 0 Å². The third kappa shape index (κ3) is 2.09. The Morgan fingerprint density at radius 3 is 2.75 bits per heavy atom. The highest BCUT2D eigenvalue weighted by Gasteiger charge is 2.19. The van der Waals surface area contributed by atoms with E-state index in [1.807, 2.05) is 12.1 Å². The number of rotatable bonds is 3. The Hall–Kier alpha value is -2.16. The van der Waals surface area contributed by atoms with Gasteiger partial charge in [0.25, 0.3) is 0 Å². The smallest absolute Gasteiger partial charge is 0.196 e. The lowest BCUT2D eigenvalue weighted by atomic mass is 9.99. The summed E-state index contributed by atoms with van der Waals surface area (Å²) in [6.45, 7) is 0. The van der Waals surface area contributed by atoms with Crippen molar-refractivity contribution >= 4 is 5.78 Å². The molecule has 0 aromatic heterocycles. The van der Waals surface area contributed by atoms with E-state index in [9.17, 15) is 9.18 Å². The minimum Gasteiger partial charge on any atom is -0.494 e. The first-order valence-electron chi connectivity index (χ1n) is 6.69. The standard InChI is InChI=1S/C17H15FO2/c1-20-15-7-3-6-14(16(15)18)17(19)13-9-8-11-4-2-5-12(11)10-13/h3,6-10H,2,4-5H2,1H3. The van der Waals surface area contributed by atoms with Gasteiger partial charge in [-0.25, -0.2) is 4.39 Å². The molecule has 0 spiro atoms. The van der Waals surface area contributed by atoms with Gasteiger partial charge in [-0.3, -0.25) is 4.79 Å². The zero-order valence-electron chi connectivity index (χ0n) is 11.3. The molecule has 0 saturated heterocycles. The number of aryl methyl sites for hydroxylation is 2. The summed E-state index contributed by atoms with van der Waals surface area (Å²) in [5, 5.41) is 0. The maximum Gasteiger partial charge on any atom is 0.196 e. The first-order chi connectivity index (χ1) is 9.70. The molecule has 1 aliphatic rings. The molecule has 0 aliphatic heterocycles. The van der Waals surface area contributed by atoms with Gasteiger partial charge >= 0.3 is 0 Å². The number of ether oxygens (including phenoxy) is 1. The van der Waals surface area contributed by atoms with Gasteiger partial charge in [-0.1, -0.05) is 18.2 Å². The summed E-state index contributed by atoms with van der Waals surface area (Å²) in [6, 6.07) is 10.3. The summed E-state index contributed by atoms with van der Waals surface area (Å²) >= 11 is 0. The van der Waals surface area contributed by atoms with Crippen molar-refractivity contribution in [2.24, 2.45) is 0 Å². The van der Waals surface area contributed by atoms with Gasteiger partial charge in [0.2, 0.25) is 0 Å². The van der Waals surface area contributed by atoms with Crippen LogP contribution in [0.5, 0.6) is 5.75 Å². The first-order valence-corrected chi connectivity index (χ1v) is 6.69. The maximum absolute atomic E-state index is 14.1.